The zero-order valence-electron chi connectivity index (χ0n) is 12.1. The molecular weight excluding hydrogens is 248 g/mol. The number of nitrogens with zero attached hydrogens (tertiary/aromatic N) is 3. The maximum atomic E-state index is 5.89. The van der Waals surface area contributed by atoms with Gasteiger partial charge in [0.05, 0.1) is 11.4 Å². The predicted molar refractivity (Wildman–Crippen MR) is 80.1 cm³/mol. The largest absolute Gasteiger partial charge is 0.325 e. The van der Waals surface area contributed by atoms with Crippen molar-refractivity contribution in [3.05, 3.63) is 46.8 Å². The van der Waals surface area contributed by atoms with Crippen LogP contribution in [0.1, 0.15) is 22.5 Å². The van der Waals surface area contributed by atoms with Gasteiger partial charge in [-0.25, -0.2) is 9.97 Å². The van der Waals surface area contributed by atoms with E-state index in [4.69, 9.17) is 10.7 Å². The summed E-state index contributed by atoms with van der Waals surface area (Å²) in [6.07, 6.45) is 0.972. The summed E-state index contributed by atoms with van der Waals surface area (Å²) in [5, 5.41) is 0. The molecule has 0 aliphatic carbocycles. The van der Waals surface area contributed by atoms with Crippen LogP contribution in [0.5, 0.6) is 0 Å². The van der Waals surface area contributed by atoms with Gasteiger partial charge in [-0.2, -0.15) is 0 Å². The molecule has 0 bridgehead atoms. The van der Waals surface area contributed by atoms with Crippen LogP contribution in [0.25, 0.3) is 11.4 Å². The molecule has 0 unspecified atom stereocenters. The van der Waals surface area contributed by atoms with Crippen LogP contribution in [-0.2, 0) is 19.5 Å². The summed E-state index contributed by atoms with van der Waals surface area (Å²) in [4.78, 5) is 11.8. The summed E-state index contributed by atoms with van der Waals surface area (Å²) in [6.45, 7) is 4.50. The Morgan fingerprint density at radius 2 is 2.15 bits per heavy atom. The molecule has 0 fully saturated rings. The molecule has 0 atom stereocenters. The lowest BCUT2D eigenvalue weighted by Gasteiger charge is -2.26. The zero-order valence-corrected chi connectivity index (χ0v) is 12.1. The van der Waals surface area contributed by atoms with Gasteiger partial charge in [0.25, 0.3) is 0 Å². The summed E-state index contributed by atoms with van der Waals surface area (Å²) in [6, 6.07) is 8.31. The maximum Gasteiger partial charge on any atom is 0.159 e. The second-order valence-electron chi connectivity index (χ2n) is 5.48. The van der Waals surface area contributed by atoms with Crippen molar-refractivity contribution in [1.29, 1.82) is 0 Å². The molecule has 0 saturated heterocycles. The standard InChI is InChI=1S/C16H20N4/c1-11-4-3-5-12(8-11)16-18-14-6-7-20(2)10-13(14)15(9-17)19-16/h3-5,8H,6-7,9-10,17H2,1-2H3. The van der Waals surface area contributed by atoms with Gasteiger partial charge in [0.15, 0.2) is 5.82 Å². The van der Waals surface area contributed by atoms with Crippen LogP contribution in [0.4, 0.5) is 0 Å². The van der Waals surface area contributed by atoms with E-state index >= 15 is 0 Å². The van der Waals surface area contributed by atoms with E-state index in [9.17, 15) is 0 Å². The molecule has 2 heterocycles. The Kier molecular flexibility index (Phi) is 3.51. The van der Waals surface area contributed by atoms with Crippen molar-refractivity contribution in [3.63, 3.8) is 0 Å². The van der Waals surface area contributed by atoms with Crippen LogP contribution in [-0.4, -0.2) is 28.5 Å². The van der Waals surface area contributed by atoms with Crippen molar-refractivity contribution in [2.24, 2.45) is 5.73 Å². The topological polar surface area (TPSA) is 55.0 Å². The molecule has 1 aromatic heterocycles. The molecular formula is C16H20N4. The van der Waals surface area contributed by atoms with Crippen LogP contribution in [0.2, 0.25) is 0 Å². The van der Waals surface area contributed by atoms with E-state index in [1.165, 1.54) is 11.1 Å². The highest BCUT2D eigenvalue weighted by atomic mass is 15.1. The Balaban J connectivity index is 2.10. The molecule has 1 aromatic carbocycles. The van der Waals surface area contributed by atoms with E-state index in [2.05, 4.69) is 42.1 Å². The van der Waals surface area contributed by atoms with E-state index in [0.29, 0.717) is 6.54 Å². The summed E-state index contributed by atoms with van der Waals surface area (Å²) >= 11 is 0. The molecule has 3 rings (SSSR count). The Bertz CT molecular complexity index is 619. The molecule has 1 aliphatic rings. The third-order valence-electron chi connectivity index (χ3n) is 3.81. The van der Waals surface area contributed by atoms with Crippen molar-refractivity contribution in [2.75, 3.05) is 13.6 Å². The van der Waals surface area contributed by atoms with Crippen molar-refractivity contribution >= 4 is 0 Å². The number of nitrogens with two attached hydrogens (primary N) is 1. The van der Waals surface area contributed by atoms with E-state index in [-0.39, 0.29) is 0 Å². The summed E-state index contributed by atoms with van der Waals surface area (Å²) in [7, 11) is 2.12. The second kappa shape index (κ2) is 5.31. The highest BCUT2D eigenvalue weighted by Crippen LogP contribution is 2.24. The van der Waals surface area contributed by atoms with Gasteiger partial charge < -0.3 is 10.6 Å². The minimum atomic E-state index is 0.470. The van der Waals surface area contributed by atoms with E-state index in [1.807, 2.05) is 6.07 Å². The third kappa shape index (κ3) is 2.44. The Morgan fingerprint density at radius 1 is 1.30 bits per heavy atom. The van der Waals surface area contributed by atoms with Gasteiger partial charge in [-0.05, 0) is 20.0 Å². The zero-order chi connectivity index (χ0) is 14.1. The first-order chi connectivity index (χ1) is 9.67. The Labute approximate surface area is 119 Å². The molecule has 0 spiro atoms. The molecule has 0 amide bonds. The first kappa shape index (κ1) is 13.2. The molecule has 0 radical (unpaired) electrons. The van der Waals surface area contributed by atoms with E-state index in [1.54, 1.807) is 0 Å². The van der Waals surface area contributed by atoms with Crippen molar-refractivity contribution in [3.8, 4) is 11.4 Å². The van der Waals surface area contributed by atoms with Crippen LogP contribution >= 0.6 is 0 Å². The maximum absolute atomic E-state index is 5.89. The van der Waals surface area contributed by atoms with E-state index < -0.39 is 0 Å². The lowest BCUT2D eigenvalue weighted by atomic mass is 10.0. The second-order valence-corrected chi connectivity index (χ2v) is 5.48. The van der Waals surface area contributed by atoms with E-state index in [0.717, 1.165) is 42.3 Å². The molecule has 1 aliphatic heterocycles. The Morgan fingerprint density at radius 3 is 2.90 bits per heavy atom. The Hall–Kier alpha value is -1.78. The van der Waals surface area contributed by atoms with Gasteiger partial charge in [-0.1, -0.05) is 23.8 Å². The van der Waals surface area contributed by atoms with Gasteiger partial charge in [0.1, 0.15) is 0 Å². The van der Waals surface area contributed by atoms with Gasteiger partial charge in [0.2, 0.25) is 0 Å². The summed E-state index contributed by atoms with van der Waals surface area (Å²) < 4.78 is 0. The van der Waals surface area contributed by atoms with Crippen LogP contribution in [0, 0.1) is 6.92 Å². The van der Waals surface area contributed by atoms with Crippen molar-refractivity contribution in [2.45, 2.75) is 26.4 Å². The minimum absolute atomic E-state index is 0.470. The number of benzene rings is 1. The fourth-order valence-electron chi connectivity index (χ4n) is 2.70. The number of hydrogen-bond acceptors (Lipinski definition) is 4. The van der Waals surface area contributed by atoms with Gasteiger partial charge >= 0.3 is 0 Å². The highest BCUT2D eigenvalue weighted by molar-refractivity contribution is 5.57. The first-order valence-corrected chi connectivity index (χ1v) is 7.01. The van der Waals surface area contributed by atoms with Crippen LogP contribution in [0.3, 0.4) is 0 Å². The average molecular weight is 268 g/mol. The number of hydrogen-bond donors (Lipinski definition) is 1. The normalized spacial score (nSPS) is 15.2. The molecule has 2 N–H and O–H groups in total. The SMILES string of the molecule is Cc1cccc(-c2nc(CN)c3c(n2)CCN(C)C3)c1. The summed E-state index contributed by atoms with van der Waals surface area (Å²) in [5.74, 6) is 0.803. The number of aromatic nitrogens is 2. The highest BCUT2D eigenvalue weighted by Gasteiger charge is 2.20. The quantitative estimate of drug-likeness (QED) is 0.904. The smallest absolute Gasteiger partial charge is 0.159 e. The average Bonchev–Trinajstić information content (AvgIpc) is 2.46. The molecule has 4 nitrogen and oxygen atoms in total. The van der Waals surface area contributed by atoms with Gasteiger partial charge in [0, 0.05) is 37.2 Å². The van der Waals surface area contributed by atoms with Crippen LogP contribution < -0.4 is 5.73 Å². The fourth-order valence-corrected chi connectivity index (χ4v) is 2.70. The molecule has 20 heavy (non-hydrogen) atoms. The minimum Gasteiger partial charge on any atom is -0.325 e. The number of rotatable bonds is 2. The van der Waals surface area contributed by atoms with Gasteiger partial charge in [-0.15, -0.1) is 0 Å². The number of aryl methyl sites for hydroxylation is 1. The predicted octanol–water partition coefficient (Wildman–Crippen LogP) is 1.90. The molecule has 104 valence electrons. The number of likely N-dealkylation sites (N-methyl/N-ethyl adjacent to an activating group) is 1. The van der Waals surface area contributed by atoms with Gasteiger partial charge in [-0.3, -0.25) is 0 Å². The third-order valence-corrected chi connectivity index (χ3v) is 3.81. The lowest BCUT2D eigenvalue weighted by molar-refractivity contribution is 0.307. The fraction of sp³-hybridized carbons (Fsp3) is 0.375. The molecule has 4 heteroatoms. The first-order valence-electron chi connectivity index (χ1n) is 7.01. The molecule has 2 aromatic rings. The molecule has 0 saturated carbocycles. The number of fused-ring (bicyclic) bond motifs is 1. The van der Waals surface area contributed by atoms with Crippen molar-refractivity contribution in [1.82, 2.24) is 14.9 Å². The van der Waals surface area contributed by atoms with Crippen LogP contribution in [0.15, 0.2) is 24.3 Å². The summed E-state index contributed by atoms with van der Waals surface area (Å²) in [5.41, 5.74) is 11.5. The lowest BCUT2D eigenvalue weighted by Crippen LogP contribution is -2.29. The van der Waals surface area contributed by atoms with Crippen molar-refractivity contribution < 1.29 is 0 Å². The monoisotopic (exact) mass is 268 g/mol.